The fourth-order valence-electron chi connectivity index (χ4n) is 3.21. The van der Waals surface area contributed by atoms with Crippen molar-refractivity contribution in [2.24, 2.45) is 15.9 Å². The lowest BCUT2D eigenvalue weighted by molar-refractivity contribution is -0.213. The van der Waals surface area contributed by atoms with Crippen molar-refractivity contribution in [3.8, 4) is 0 Å². The second kappa shape index (κ2) is 4.42. The van der Waals surface area contributed by atoms with E-state index >= 15 is 0 Å². The number of amides is 2. The maximum Gasteiger partial charge on any atom is 0.249 e. The Morgan fingerprint density at radius 1 is 1.10 bits per heavy atom. The molecule has 0 heterocycles. The van der Waals surface area contributed by atoms with Crippen LogP contribution in [0.4, 0.5) is 0 Å². The number of rotatable bonds is 4. The molecule has 0 radical (unpaired) electrons. The Balaban J connectivity index is 1.53. The Morgan fingerprint density at radius 3 is 2.30 bits per heavy atom. The average molecular weight is 273 g/mol. The Bertz CT molecular complexity index is 563. The van der Waals surface area contributed by atoms with Gasteiger partial charge in [0, 0.05) is 0 Å². The first-order chi connectivity index (χ1) is 9.60. The summed E-state index contributed by atoms with van der Waals surface area (Å²) in [6, 6.07) is 9.46. The molecule has 0 atom stereocenters. The zero-order chi connectivity index (χ0) is 14.2. The predicted molar refractivity (Wildman–Crippen MR) is 70.8 cm³/mol. The molecule has 1 aromatic rings. The van der Waals surface area contributed by atoms with Crippen molar-refractivity contribution < 1.29 is 14.8 Å². The highest BCUT2D eigenvalue weighted by atomic mass is 16.5. The molecule has 2 amide bonds. The Labute approximate surface area is 115 Å². The second-order valence-corrected chi connectivity index (χ2v) is 5.64. The number of nitrogens with zero attached hydrogens (tertiary/aromatic N) is 1. The van der Waals surface area contributed by atoms with Gasteiger partial charge < -0.3 is 0 Å². The third-order valence-electron chi connectivity index (χ3n) is 4.27. The van der Waals surface area contributed by atoms with Gasteiger partial charge in [-0.25, -0.2) is 10.9 Å². The van der Waals surface area contributed by atoms with Crippen LogP contribution in [0, 0.1) is 10.8 Å². The summed E-state index contributed by atoms with van der Waals surface area (Å²) in [4.78, 5) is 23.4. The number of hydroxylamine groups is 1. The zero-order valence-corrected chi connectivity index (χ0v) is 10.8. The number of hydrogen-bond acceptors (Lipinski definition) is 4. The summed E-state index contributed by atoms with van der Waals surface area (Å²) < 4.78 is 0. The molecule has 0 aliphatic heterocycles. The van der Waals surface area contributed by atoms with Gasteiger partial charge >= 0.3 is 0 Å². The van der Waals surface area contributed by atoms with E-state index in [0.717, 1.165) is 5.56 Å². The molecule has 0 unspecified atom stereocenters. The molecule has 0 aromatic heterocycles. The van der Waals surface area contributed by atoms with Crippen LogP contribution >= 0.6 is 0 Å². The Kier molecular flexibility index (Phi) is 2.83. The molecule has 2 bridgehead atoms. The van der Waals surface area contributed by atoms with Gasteiger partial charge in [0.2, 0.25) is 11.8 Å². The van der Waals surface area contributed by atoms with Crippen molar-refractivity contribution in [3.63, 3.8) is 0 Å². The monoisotopic (exact) mass is 273 g/mol. The van der Waals surface area contributed by atoms with Crippen LogP contribution < -0.4 is 10.9 Å². The second-order valence-electron chi connectivity index (χ2n) is 5.64. The molecule has 3 fully saturated rings. The minimum Gasteiger partial charge on any atom is -0.289 e. The third kappa shape index (κ3) is 1.80. The molecule has 6 nitrogen and oxygen atoms in total. The van der Waals surface area contributed by atoms with Crippen molar-refractivity contribution in [1.29, 1.82) is 0 Å². The van der Waals surface area contributed by atoms with Gasteiger partial charge in [-0.05, 0) is 24.8 Å². The van der Waals surface area contributed by atoms with Gasteiger partial charge in [0.1, 0.15) is 0 Å². The van der Waals surface area contributed by atoms with E-state index in [1.807, 2.05) is 30.3 Å². The summed E-state index contributed by atoms with van der Waals surface area (Å²) in [5, 5.41) is 12.6. The first kappa shape index (κ1) is 12.8. The summed E-state index contributed by atoms with van der Waals surface area (Å²) in [7, 11) is 0. The van der Waals surface area contributed by atoms with Crippen molar-refractivity contribution in [1.82, 2.24) is 10.9 Å². The number of hydrazone groups is 1. The van der Waals surface area contributed by atoms with Crippen LogP contribution in [0.2, 0.25) is 0 Å². The van der Waals surface area contributed by atoms with Gasteiger partial charge in [-0.1, -0.05) is 30.3 Å². The topological polar surface area (TPSA) is 90.8 Å². The Hall–Kier alpha value is -2.21. The molecule has 0 spiro atoms. The summed E-state index contributed by atoms with van der Waals surface area (Å²) in [6.07, 6.45) is 3.04. The van der Waals surface area contributed by atoms with E-state index in [9.17, 15) is 9.59 Å². The van der Waals surface area contributed by atoms with Crippen LogP contribution in [-0.2, 0) is 9.59 Å². The number of carbonyl (C=O) groups is 2. The summed E-state index contributed by atoms with van der Waals surface area (Å²) in [5.74, 6) is -0.544. The van der Waals surface area contributed by atoms with Gasteiger partial charge in [0.05, 0.1) is 17.0 Å². The van der Waals surface area contributed by atoms with Crippen molar-refractivity contribution >= 4 is 18.0 Å². The van der Waals surface area contributed by atoms with E-state index in [4.69, 9.17) is 5.21 Å². The highest BCUT2D eigenvalue weighted by Crippen LogP contribution is 2.73. The van der Waals surface area contributed by atoms with E-state index in [2.05, 4.69) is 10.5 Å². The lowest BCUT2D eigenvalue weighted by Gasteiger charge is -2.67. The van der Waals surface area contributed by atoms with Crippen molar-refractivity contribution in [2.75, 3.05) is 0 Å². The van der Waals surface area contributed by atoms with Gasteiger partial charge in [-0.2, -0.15) is 5.10 Å². The first-order valence-corrected chi connectivity index (χ1v) is 6.43. The molecule has 20 heavy (non-hydrogen) atoms. The molecular formula is C14H15N3O3. The van der Waals surface area contributed by atoms with E-state index in [0.29, 0.717) is 19.3 Å². The average Bonchev–Trinajstić information content (AvgIpc) is 2.36. The summed E-state index contributed by atoms with van der Waals surface area (Å²) in [6.45, 7) is 0. The molecule has 3 aliphatic rings. The van der Waals surface area contributed by atoms with Gasteiger partial charge in [-0.3, -0.25) is 14.8 Å². The molecule has 3 saturated carbocycles. The first-order valence-electron chi connectivity index (χ1n) is 6.43. The lowest BCUT2D eigenvalue weighted by atomic mass is 9.34. The van der Waals surface area contributed by atoms with Crippen LogP contribution in [0.15, 0.2) is 35.4 Å². The largest absolute Gasteiger partial charge is 0.289 e. The van der Waals surface area contributed by atoms with Gasteiger partial charge in [0.15, 0.2) is 0 Å². The maximum atomic E-state index is 12.0. The minimum atomic E-state index is -0.533. The smallest absolute Gasteiger partial charge is 0.249 e. The van der Waals surface area contributed by atoms with E-state index in [1.54, 1.807) is 11.7 Å². The molecule has 104 valence electrons. The van der Waals surface area contributed by atoms with Crippen LogP contribution in [-0.4, -0.2) is 23.2 Å². The van der Waals surface area contributed by atoms with E-state index < -0.39 is 10.8 Å². The summed E-state index contributed by atoms with van der Waals surface area (Å²) >= 11 is 0. The van der Waals surface area contributed by atoms with E-state index in [-0.39, 0.29) is 11.8 Å². The number of nitrogens with one attached hydrogen (secondary N) is 2. The fourth-order valence-corrected chi connectivity index (χ4v) is 3.21. The molecule has 6 heteroatoms. The number of hydrogen-bond donors (Lipinski definition) is 3. The highest BCUT2D eigenvalue weighted by molar-refractivity contribution is 5.95. The molecule has 3 aliphatic carbocycles. The maximum absolute atomic E-state index is 12.0. The fraction of sp³-hybridized carbons (Fsp3) is 0.357. The number of benzene rings is 1. The SMILES string of the molecule is O=C(NO)C12CC(C(=O)N/N=C/c3ccccc3)(C1)C2. The van der Waals surface area contributed by atoms with Crippen LogP contribution in [0.25, 0.3) is 0 Å². The predicted octanol–water partition coefficient (Wildman–Crippen LogP) is 0.812. The summed E-state index contributed by atoms with van der Waals surface area (Å²) in [5.41, 5.74) is 4.09. The normalized spacial score (nSPS) is 30.2. The van der Waals surface area contributed by atoms with Crippen molar-refractivity contribution in [3.05, 3.63) is 35.9 Å². The molecule has 0 saturated heterocycles. The third-order valence-corrected chi connectivity index (χ3v) is 4.27. The molecule has 1 aromatic carbocycles. The Morgan fingerprint density at radius 2 is 1.70 bits per heavy atom. The van der Waals surface area contributed by atoms with Gasteiger partial charge in [-0.15, -0.1) is 0 Å². The molecular weight excluding hydrogens is 258 g/mol. The number of carbonyl (C=O) groups excluding carboxylic acids is 2. The highest BCUT2D eigenvalue weighted by Gasteiger charge is 2.74. The van der Waals surface area contributed by atoms with Crippen molar-refractivity contribution in [2.45, 2.75) is 19.3 Å². The zero-order valence-electron chi connectivity index (χ0n) is 10.8. The quantitative estimate of drug-likeness (QED) is 0.431. The van der Waals surface area contributed by atoms with Crippen LogP contribution in [0.5, 0.6) is 0 Å². The van der Waals surface area contributed by atoms with E-state index in [1.165, 1.54) is 0 Å². The molecule has 3 N–H and O–H groups in total. The van der Waals surface area contributed by atoms with Gasteiger partial charge in [0.25, 0.3) is 0 Å². The molecule has 4 rings (SSSR count). The minimum absolute atomic E-state index is 0.155. The van der Waals surface area contributed by atoms with Crippen LogP contribution in [0.1, 0.15) is 24.8 Å². The lowest BCUT2D eigenvalue weighted by Crippen LogP contribution is -2.71. The van der Waals surface area contributed by atoms with Crippen LogP contribution in [0.3, 0.4) is 0 Å². The standard InChI is InChI=1S/C14H15N3O3/c18-11(16-15-6-10-4-2-1-3-5-10)13-7-14(8-13,9-13)12(19)17-20/h1-6,20H,7-9H2,(H,16,18)(H,17,19)/b15-6+.